The Hall–Kier alpha value is -2.58. The maximum absolute atomic E-state index is 14.1. The molecule has 5 rings (SSSR count). The molecular formula is C23H27FN4O2S. The monoisotopic (exact) mass is 442 g/mol. The van der Waals surface area contributed by atoms with Gasteiger partial charge in [-0.25, -0.2) is 9.37 Å². The third-order valence-corrected chi connectivity index (χ3v) is 6.94. The zero-order chi connectivity index (χ0) is 22.1. The van der Waals surface area contributed by atoms with Gasteiger partial charge in [-0.15, -0.1) is 11.3 Å². The van der Waals surface area contributed by atoms with Crippen molar-refractivity contribution >= 4 is 27.5 Å². The summed E-state index contributed by atoms with van der Waals surface area (Å²) < 4.78 is 15.0. The summed E-state index contributed by atoms with van der Waals surface area (Å²) in [6.45, 7) is 8.68. The topological polar surface area (TPSA) is 69.3 Å². The van der Waals surface area contributed by atoms with E-state index in [2.05, 4.69) is 21.8 Å². The van der Waals surface area contributed by atoms with Crippen molar-refractivity contribution in [3.8, 4) is 0 Å². The van der Waals surface area contributed by atoms with Gasteiger partial charge in [-0.05, 0) is 56.5 Å². The number of H-pyrrole nitrogens is 1. The summed E-state index contributed by atoms with van der Waals surface area (Å²) in [4.78, 5) is 33.1. The highest BCUT2D eigenvalue weighted by Gasteiger charge is 2.22. The molecule has 0 spiro atoms. The standard InChI is InChI=1S/C14H17FN2S.C9H10N2O2/c1-9-4-3-5-17(9)8-11-6-13-14(7-12(11)15)18-10(2)16-13;1-6(12)11-4-7-2-9(13)10-3-8(7)5-11/h6-7,9H,3-5,8H2,1-2H3;2-3H,4-5H2,1H3,(H,10,13)/t9-;/m0./s1. The molecule has 1 atom stereocenters. The number of amides is 1. The lowest BCUT2D eigenvalue weighted by molar-refractivity contribution is -0.129. The number of carbonyl (C=O) groups excluding carboxylic acids is 1. The van der Waals surface area contributed by atoms with Crippen molar-refractivity contribution in [1.82, 2.24) is 19.8 Å². The van der Waals surface area contributed by atoms with Crippen LogP contribution in [0.4, 0.5) is 4.39 Å². The SMILES string of the molecule is CC(=O)N1Cc2c[nH]c(=O)cc2C1.Cc1nc2cc(CN3CCC[C@@H]3C)c(F)cc2s1. The van der Waals surface area contributed by atoms with Crippen molar-refractivity contribution in [2.75, 3.05) is 6.54 Å². The predicted octanol–water partition coefficient (Wildman–Crippen LogP) is 3.97. The van der Waals surface area contributed by atoms with E-state index in [9.17, 15) is 14.0 Å². The normalized spacial score (nSPS) is 18.2. The van der Waals surface area contributed by atoms with E-state index >= 15 is 0 Å². The van der Waals surface area contributed by atoms with Crippen molar-refractivity contribution in [3.63, 3.8) is 0 Å². The van der Waals surface area contributed by atoms with Gasteiger partial charge in [0.05, 0.1) is 15.2 Å². The van der Waals surface area contributed by atoms with Gasteiger partial charge in [0, 0.05) is 50.4 Å². The van der Waals surface area contributed by atoms with Crippen molar-refractivity contribution in [2.24, 2.45) is 0 Å². The lowest BCUT2D eigenvalue weighted by Crippen LogP contribution is -2.26. The van der Waals surface area contributed by atoms with Crippen LogP contribution < -0.4 is 5.56 Å². The van der Waals surface area contributed by atoms with Crippen LogP contribution in [-0.2, 0) is 24.4 Å². The molecule has 31 heavy (non-hydrogen) atoms. The first-order valence-electron chi connectivity index (χ1n) is 10.6. The van der Waals surface area contributed by atoms with Crippen LogP contribution in [-0.4, -0.2) is 38.3 Å². The fourth-order valence-corrected chi connectivity index (χ4v) is 5.04. The quantitative estimate of drug-likeness (QED) is 0.652. The minimum Gasteiger partial charge on any atom is -0.334 e. The Bertz CT molecular complexity index is 1170. The van der Waals surface area contributed by atoms with E-state index < -0.39 is 0 Å². The molecule has 0 unspecified atom stereocenters. The minimum absolute atomic E-state index is 0.0450. The Labute approximate surface area is 184 Å². The van der Waals surface area contributed by atoms with Crippen LogP contribution >= 0.6 is 11.3 Å². The highest BCUT2D eigenvalue weighted by atomic mass is 32.1. The Morgan fingerprint density at radius 2 is 2.06 bits per heavy atom. The fourth-order valence-electron chi connectivity index (χ4n) is 4.20. The molecule has 2 aromatic heterocycles. The van der Waals surface area contributed by atoms with Gasteiger partial charge in [-0.1, -0.05) is 0 Å². The Morgan fingerprint density at radius 1 is 1.29 bits per heavy atom. The maximum atomic E-state index is 14.1. The molecule has 1 fully saturated rings. The number of likely N-dealkylation sites (tertiary alicyclic amines) is 1. The third-order valence-electron chi connectivity index (χ3n) is 6.00. The number of hydrogen-bond donors (Lipinski definition) is 1. The molecule has 164 valence electrons. The van der Waals surface area contributed by atoms with E-state index in [-0.39, 0.29) is 17.3 Å². The van der Waals surface area contributed by atoms with Crippen molar-refractivity contribution in [1.29, 1.82) is 0 Å². The number of aromatic nitrogens is 2. The summed E-state index contributed by atoms with van der Waals surface area (Å²) in [5.74, 6) is -0.0473. The molecule has 0 bridgehead atoms. The molecule has 6 nitrogen and oxygen atoms in total. The van der Waals surface area contributed by atoms with Gasteiger partial charge in [0.1, 0.15) is 5.82 Å². The molecule has 1 saturated heterocycles. The Morgan fingerprint density at radius 3 is 2.77 bits per heavy atom. The summed E-state index contributed by atoms with van der Waals surface area (Å²) in [5.41, 5.74) is 3.60. The van der Waals surface area contributed by atoms with Crippen LogP contribution in [0.1, 0.15) is 48.4 Å². The predicted molar refractivity (Wildman–Crippen MR) is 120 cm³/mol. The van der Waals surface area contributed by atoms with Crippen LogP contribution in [0.5, 0.6) is 0 Å². The van der Waals surface area contributed by atoms with Gasteiger partial charge in [0.2, 0.25) is 11.5 Å². The number of pyridine rings is 1. The number of benzene rings is 1. The number of hydrogen-bond acceptors (Lipinski definition) is 5. The maximum Gasteiger partial charge on any atom is 0.248 e. The van der Waals surface area contributed by atoms with Crippen LogP contribution in [0, 0.1) is 12.7 Å². The summed E-state index contributed by atoms with van der Waals surface area (Å²) in [6.07, 6.45) is 4.13. The van der Waals surface area contributed by atoms with Gasteiger partial charge in [-0.3, -0.25) is 14.5 Å². The number of carbonyl (C=O) groups is 1. The molecule has 0 radical (unpaired) electrons. The first-order chi connectivity index (χ1) is 14.8. The van der Waals surface area contributed by atoms with E-state index in [0.29, 0.717) is 25.7 Å². The van der Waals surface area contributed by atoms with Gasteiger partial charge < -0.3 is 9.88 Å². The van der Waals surface area contributed by atoms with Crippen LogP contribution in [0.25, 0.3) is 10.2 Å². The minimum atomic E-state index is -0.107. The van der Waals surface area contributed by atoms with Crippen LogP contribution in [0.2, 0.25) is 0 Å². The largest absolute Gasteiger partial charge is 0.334 e. The number of aryl methyl sites for hydroxylation is 1. The lowest BCUT2D eigenvalue weighted by Gasteiger charge is -2.21. The van der Waals surface area contributed by atoms with Crippen molar-refractivity contribution in [3.05, 3.63) is 62.3 Å². The van der Waals surface area contributed by atoms with Gasteiger partial charge in [0.25, 0.3) is 0 Å². The summed E-state index contributed by atoms with van der Waals surface area (Å²) >= 11 is 1.55. The van der Waals surface area contributed by atoms with Gasteiger partial charge in [0.15, 0.2) is 0 Å². The molecule has 1 N–H and O–H groups in total. The van der Waals surface area contributed by atoms with Crippen LogP contribution in [0.3, 0.4) is 0 Å². The van der Waals surface area contributed by atoms with Crippen molar-refractivity contribution < 1.29 is 9.18 Å². The number of halogens is 1. The molecule has 8 heteroatoms. The molecule has 3 aromatic rings. The van der Waals surface area contributed by atoms with Crippen LogP contribution in [0.15, 0.2) is 29.2 Å². The Balaban J connectivity index is 0.000000158. The van der Waals surface area contributed by atoms with Gasteiger partial charge in [-0.2, -0.15) is 0 Å². The highest BCUT2D eigenvalue weighted by Crippen LogP contribution is 2.27. The summed E-state index contributed by atoms with van der Waals surface area (Å²) in [5, 5.41) is 0.996. The number of thiazole rings is 1. The average Bonchev–Trinajstić information content (AvgIpc) is 3.40. The lowest BCUT2D eigenvalue weighted by atomic mass is 10.1. The second-order valence-corrected chi connectivity index (χ2v) is 9.56. The molecule has 1 amide bonds. The number of rotatable bonds is 2. The molecule has 4 heterocycles. The fraction of sp³-hybridized carbons (Fsp3) is 0.435. The summed E-state index contributed by atoms with van der Waals surface area (Å²) in [6, 6.07) is 5.67. The summed E-state index contributed by atoms with van der Waals surface area (Å²) in [7, 11) is 0. The van der Waals surface area contributed by atoms with Crippen molar-refractivity contribution in [2.45, 2.75) is 59.3 Å². The molecule has 0 aliphatic carbocycles. The zero-order valence-corrected chi connectivity index (χ0v) is 18.9. The molecular weight excluding hydrogens is 415 g/mol. The highest BCUT2D eigenvalue weighted by molar-refractivity contribution is 7.18. The third kappa shape index (κ3) is 4.85. The first-order valence-corrected chi connectivity index (χ1v) is 11.4. The molecule has 2 aliphatic heterocycles. The zero-order valence-electron chi connectivity index (χ0n) is 18.1. The van der Waals surface area contributed by atoms with E-state index in [1.807, 2.05) is 13.0 Å². The van der Waals surface area contributed by atoms with Gasteiger partial charge >= 0.3 is 0 Å². The number of aromatic amines is 1. The number of nitrogens with one attached hydrogen (secondary N) is 1. The molecule has 0 saturated carbocycles. The molecule has 2 aliphatic rings. The van der Waals surface area contributed by atoms with E-state index in [4.69, 9.17) is 0 Å². The van der Waals surface area contributed by atoms with E-state index in [1.54, 1.807) is 34.6 Å². The average molecular weight is 443 g/mol. The first kappa shape index (κ1) is 21.6. The second kappa shape index (κ2) is 8.88. The number of fused-ring (bicyclic) bond motifs is 2. The number of nitrogens with zero attached hydrogens (tertiary/aromatic N) is 3. The van der Waals surface area contributed by atoms with E-state index in [0.717, 1.165) is 38.5 Å². The smallest absolute Gasteiger partial charge is 0.248 e. The van der Waals surface area contributed by atoms with E-state index in [1.165, 1.54) is 19.8 Å². The molecule has 1 aromatic carbocycles. The second-order valence-electron chi connectivity index (χ2n) is 8.33. The Kier molecular flexibility index (Phi) is 6.20.